The monoisotopic (exact) mass is 188 g/mol. The fraction of sp³-hybridized carbons (Fsp3) is 0.667. The summed E-state index contributed by atoms with van der Waals surface area (Å²) in [5.74, 6) is 0.822. The molecule has 0 atom stereocenters. The van der Waals surface area contributed by atoms with Gasteiger partial charge in [-0.15, -0.1) is 0 Å². The second-order valence-corrected chi connectivity index (χ2v) is 3.93. The fourth-order valence-electron chi connectivity index (χ4n) is 2.16. The molecule has 0 aromatic carbocycles. The Hall–Kier alpha value is -1.28. The summed E-state index contributed by atoms with van der Waals surface area (Å²) in [7, 11) is 0. The van der Waals surface area contributed by atoms with E-state index in [-0.39, 0.29) is 0 Å². The van der Waals surface area contributed by atoms with E-state index >= 15 is 0 Å². The zero-order valence-corrected chi connectivity index (χ0v) is 8.71. The van der Waals surface area contributed by atoms with Gasteiger partial charge in [0.1, 0.15) is 17.7 Å². The van der Waals surface area contributed by atoms with Gasteiger partial charge in [0.2, 0.25) is 0 Å². The minimum absolute atomic E-state index is 0.361. The minimum Gasteiger partial charge on any atom is -0.192 e. The van der Waals surface area contributed by atoms with Crippen molar-refractivity contribution in [2.24, 2.45) is 5.92 Å². The lowest BCUT2D eigenvalue weighted by Gasteiger charge is -2.23. The van der Waals surface area contributed by atoms with Gasteiger partial charge < -0.3 is 0 Å². The van der Waals surface area contributed by atoms with Crippen molar-refractivity contribution in [1.82, 2.24) is 0 Å². The summed E-state index contributed by atoms with van der Waals surface area (Å²) in [4.78, 5) is 0. The van der Waals surface area contributed by atoms with Crippen molar-refractivity contribution in [3.8, 4) is 12.1 Å². The molecule has 0 unspecified atom stereocenters. The average Bonchev–Trinajstić information content (AvgIpc) is 2.23. The van der Waals surface area contributed by atoms with Crippen LogP contribution >= 0.6 is 0 Å². The molecule has 1 saturated carbocycles. The topological polar surface area (TPSA) is 47.6 Å². The molecule has 1 rings (SSSR count). The highest BCUT2D eigenvalue weighted by Gasteiger charge is 2.18. The molecule has 1 aliphatic carbocycles. The molecule has 0 bridgehead atoms. The van der Waals surface area contributed by atoms with Crippen LogP contribution < -0.4 is 0 Å². The summed E-state index contributed by atoms with van der Waals surface area (Å²) in [5.41, 5.74) is 1.45. The van der Waals surface area contributed by atoms with Crippen molar-refractivity contribution in [2.45, 2.75) is 45.4 Å². The van der Waals surface area contributed by atoms with Crippen molar-refractivity contribution in [3.05, 3.63) is 11.1 Å². The number of rotatable bonds is 2. The maximum Gasteiger partial charge on any atom is 0.128 e. The molecule has 2 nitrogen and oxygen atoms in total. The Morgan fingerprint density at radius 3 is 2.29 bits per heavy atom. The van der Waals surface area contributed by atoms with E-state index in [9.17, 15) is 0 Å². The van der Waals surface area contributed by atoms with Gasteiger partial charge in [-0.1, -0.05) is 19.8 Å². The molecule has 2 heteroatoms. The van der Waals surface area contributed by atoms with Crippen LogP contribution in [0.3, 0.4) is 0 Å². The fourth-order valence-corrected chi connectivity index (χ4v) is 2.16. The standard InChI is InChI=1S/C12H16N2/c1-2-3-10-4-6-11(7-5-10)12(8-13)9-14/h10H,2-7H2,1H3. The van der Waals surface area contributed by atoms with Crippen molar-refractivity contribution >= 4 is 0 Å². The highest BCUT2D eigenvalue weighted by atomic mass is 14.3. The van der Waals surface area contributed by atoms with E-state index in [1.807, 2.05) is 12.1 Å². The Kier molecular flexibility index (Phi) is 4.20. The van der Waals surface area contributed by atoms with E-state index in [2.05, 4.69) is 6.92 Å². The second-order valence-electron chi connectivity index (χ2n) is 3.93. The highest BCUT2D eigenvalue weighted by Crippen LogP contribution is 2.32. The SMILES string of the molecule is CCCC1CCC(=C(C#N)C#N)CC1. The molecule has 0 amide bonds. The first kappa shape index (κ1) is 10.8. The van der Waals surface area contributed by atoms with E-state index in [1.165, 1.54) is 12.8 Å². The van der Waals surface area contributed by atoms with Gasteiger partial charge in [-0.2, -0.15) is 10.5 Å². The number of hydrogen-bond acceptors (Lipinski definition) is 2. The number of hydrogen-bond donors (Lipinski definition) is 0. The zero-order valence-electron chi connectivity index (χ0n) is 8.71. The van der Waals surface area contributed by atoms with Crippen LogP contribution in [0, 0.1) is 28.6 Å². The predicted molar refractivity (Wildman–Crippen MR) is 55.1 cm³/mol. The van der Waals surface area contributed by atoms with Gasteiger partial charge >= 0.3 is 0 Å². The van der Waals surface area contributed by atoms with Gasteiger partial charge in [0.25, 0.3) is 0 Å². The first-order chi connectivity index (χ1) is 6.81. The van der Waals surface area contributed by atoms with Gasteiger partial charge in [0.15, 0.2) is 0 Å². The van der Waals surface area contributed by atoms with Crippen LogP contribution in [-0.2, 0) is 0 Å². The van der Waals surface area contributed by atoms with E-state index < -0.39 is 0 Å². The van der Waals surface area contributed by atoms with Crippen molar-refractivity contribution in [3.63, 3.8) is 0 Å². The van der Waals surface area contributed by atoms with Gasteiger partial charge in [-0.05, 0) is 37.2 Å². The van der Waals surface area contributed by atoms with Gasteiger partial charge in [0.05, 0.1) is 0 Å². The molecule has 0 N–H and O–H groups in total. The van der Waals surface area contributed by atoms with E-state index in [4.69, 9.17) is 10.5 Å². The summed E-state index contributed by atoms with van der Waals surface area (Å²) in [6, 6.07) is 3.97. The van der Waals surface area contributed by atoms with Crippen LogP contribution in [0.4, 0.5) is 0 Å². The molecule has 1 aliphatic rings. The summed E-state index contributed by atoms with van der Waals surface area (Å²) < 4.78 is 0. The highest BCUT2D eigenvalue weighted by molar-refractivity contribution is 5.40. The normalized spacial score (nSPS) is 21.1. The molecule has 74 valence electrons. The van der Waals surface area contributed by atoms with Crippen LogP contribution in [-0.4, -0.2) is 0 Å². The molecule has 0 aliphatic heterocycles. The van der Waals surface area contributed by atoms with Gasteiger partial charge in [-0.25, -0.2) is 0 Å². The van der Waals surface area contributed by atoms with E-state index in [0.717, 1.165) is 37.2 Å². The molecule has 0 radical (unpaired) electrons. The Balaban J connectivity index is 2.56. The van der Waals surface area contributed by atoms with Crippen LogP contribution in [0.1, 0.15) is 45.4 Å². The van der Waals surface area contributed by atoms with Crippen molar-refractivity contribution in [2.75, 3.05) is 0 Å². The van der Waals surface area contributed by atoms with Crippen molar-refractivity contribution < 1.29 is 0 Å². The first-order valence-corrected chi connectivity index (χ1v) is 5.34. The molecular weight excluding hydrogens is 172 g/mol. The number of nitrogens with zero attached hydrogens (tertiary/aromatic N) is 2. The van der Waals surface area contributed by atoms with Crippen LogP contribution in [0.25, 0.3) is 0 Å². The Morgan fingerprint density at radius 2 is 1.86 bits per heavy atom. The minimum atomic E-state index is 0.361. The van der Waals surface area contributed by atoms with Crippen LogP contribution in [0.2, 0.25) is 0 Å². The smallest absolute Gasteiger partial charge is 0.128 e. The summed E-state index contributed by atoms with van der Waals surface area (Å²) in [6.07, 6.45) is 6.78. The predicted octanol–water partition coefficient (Wildman–Crippen LogP) is 3.32. The molecule has 0 aromatic heterocycles. The summed E-state index contributed by atoms with van der Waals surface area (Å²) in [5, 5.41) is 17.4. The molecule has 0 heterocycles. The summed E-state index contributed by atoms with van der Waals surface area (Å²) in [6.45, 7) is 2.21. The van der Waals surface area contributed by atoms with Crippen molar-refractivity contribution in [1.29, 1.82) is 10.5 Å². The van der Waals surface area contributed by atoms with E-state index in [1.54, 1.807) is 0 Å². The molecule has 1 fully saturated rings. The molecule has 0 spiro atoms. The zero-order chi connectivity index (χ0) is 10.4. The number of allylic oxidation sites excluding steroid dienone is 2. The van der Waals surface area contributed by atoms with Crippen LogP contribution in [0.5, 0.6) is 0 Å². The molecular formula is C12H16N2. The Morgan fingerprint density at radius 1 is 1.29 bits per heavy atom. The quantitative estimate of drug-likeness (QED) is 0.624. The molecule has 0 saturated heterocycles. The lowest BCUT2D eigenvalue weighted by atomic mass is 9.82. The Labute approximate surface area is 85.8 Å². The molecule has 0 aromatic rings. The summed E-state index contributed by atoms with van der Waals surface area (Å²) >= 11 is 0. The third-order valence-electron chi connectivity index (χ3n) is 2.98. The van der Waals surface area contributed by atoms with Gasteiger partial charge in [0, 0.05) is 0 Å². The number of nitriles is 2. The maximum absolute atomic E-state index is 8.72. The third kappa shape index (κ3) is 2.60. The van der Waals surface area contributed by atoms with E-state index in [0.29, 0.717) is 5.57 Å². The van der Waals surface area contributed by atoms with Gasteiger partial charge in [-0.3, -0.25) is 0 Å². The first-order valence-electron chi connectivity index (χ1n) is 5.34. The average molecular weight is 188 g/mol. The largest absolute Gasteiger partial charge is 0.192 e. The Bertz CT molecular complexity index is 275. The maximum atomic E-state index is 8.72. The van der Waals surface area contributed by atoms with Crippen LogP contribution in [0.15, 0.2) is 11.1 Å². The molecule has 14 heavy (non-hydrogen) atoms. The third-order valence-corrected chi connectivity index (χ3v) is 2.98. The lowest BCUT2D eigenvalue weighted by molar-refractivity contribution is 0.380. The second kappa shape index (κ2) is 5.45. The lowest BCUT2D eigenvalue weighted by Crippen LogP contribution is -2.08.